The number of nitrogens with zero attached hydrogens (tertiary/aromatic N) is 1. The topological polar surface area (TPSA) is 48.0 Å². The molecule has 178 valence electrons. The van der Waals surface area contributed by atoms with Gasteiger partial charge in [0.2, 0.25) is 0 Å². The van der Waals surface area contributed by atoms with Gasteiger partial charge in [0.1, 0.15) is 12.1 Å². The van der Waals surface area contributed by atoms with Crippen molar-refractivity contribution in [1.29, 1.82) is 0 Å². The summed E-state index contributed by atoms with van der Waals surface area (Å²) in [5.41, 5.74) is 5.78. The van der Waals surface area contributed by atoms with E-state index in [1.54, 1.807) is 0 Å². The zero-order valence-corrected chi connectivity index (χ0v) is 20.3. The summed E-state index contributed by atoms with van der Waals surface area (Å²) >= 11 is 0. The molecule has 0 unspecified atom stereocenters. The monoisotopic (exact) mass is 459 g/mol. The van der Waals surface area contributed by atoms with Crippen molar-refractivity contribution >= 4 is 17.3 Å². The van der Waals surface area contributed by atoms with E-state index in [0.717, 1.165) is 34.3 Å². The highest BCUT2D eigenvalue weighted by Gasteiger charge is 2.77. The van der Waals surface area contributed by atoms with Crippen LogP contribution >= 0.6 is 0 Å². The fourth-order valence-corrected chi connectivity index (χ4v) is 8.44. The highest BCUT2D eigenvalue weighted by atomic mass is 17.3. The van der Waals surface area contributed by atoms with Crippen molar-refractivity contribution in [2.45, 2.75) is 64.1 Å². The van der Waals surface area contributed by atoms with E-state index in [9.17, 15) is 4.79 Å². The van der Waals surface area contributed by atoms with Crippen LogP contribution in [0, 0.1) is 37.5 Å². The van der Waals surface area contributed by atoms with E-state index in [4.69, 9.17) is 14.5 Å². The minimum absolute atomic E-state index is 0.181. The average molecular weight is 460 g/mol. The number of aryl methyl sites for hydroxylation is 2. The Morgan fingerprint density at radius 3 is 1.94 bits per heavy atom. The molecule has 2 aromatic carbocycles. The first-order valence-corrected chi connectivity index (χ1v) is 13.0. The van der Waals surface area contributed by atoms with Crippen molar-refractivity contribution in [2.75, 3.05) is 18.1 Å². The van der Waals surface area contributed by atoms with Gasteiger partial charge in [-0.3, -0.25) is 4.79 Å². The Morgan fingerprint density at radius 1 is 0.912 bits per heavy atom. The van der Waals surface area contributed by atoms with Crippen LogP contribution in [0.5, 0.6) is 0 Å². The predicted molar refractivity (Wildman–Crippen MR) is 129 cm³/mol. The molecule has 0 radical (unpaired) electrons. The number of anilines is 2. The maximum Gasteiger partial charge on any atom is 0.325 e. The van der Waals surface area contributed by atoms with Gasteiger partial charge in [-0.05, 0) is 88.7 Å². The normalized spacial score (nSPS) is 33.6. The van der Waals surface area contributed by atoms with E-state index >= 15 is 0 Å². The number of hydrogen-bond acceptors (Lipinski definition) is 5. The summed E-state index contributed by atoms with van der Waals surface area (Å²) in [4.78, 5) is 27.7. The Balaban J connectivity index is 1.46. The van der Waals surface area contributed by atoms with E-state index in [-0.39, 0.29) is 18.1 Å². The van der Waals surface area contributed by atoms with E-state index in [1.165, 1.54) is 43.2 Å². The molecule has 4 saturated carbocycles. The largest absolute Gasteiger partial charge is 0.465 e. The Labute approximate surface area is 201 Å². The zero-order valence-electron chi connectivity index (χ0n) is 20.3. The number of rotatable bonds is 3. The molecular weight excluding hydrogens is 426 g/mol. The van der Waals surface area contributed by atoms with Gasteiger partial charge in [-0.25, -0.2) is 9.78 Å². The number of benzene rings is 2. The maximum atomic E-state index is 12.7. The molecule has 0 amide bonds. The summed E-state index contributed by atoms with van der Waals surface area (Å²) in [5, 5.41) is 0. The van der Waals surface area contributed by atoms with Crippen LogP contribution in [0.25, 0.3) is 0 Å². The van der Waals surface area contributed by atoms with E-state index in [0.29, 0.717) is 18.4 Å². The smallest absolute Gasteiger partial charge is 0.325 e. The zero-order chi connectivity index (χ0) is 23.2. The van der Waals surface area contributed by atoms with E-state index in [2.05, 4.69) is 55.1 Å². The fraction of sp³-hybridized carbons (Fsp3) is 0.552. The van der Waals surface area contributed by atoms with Crippen molar-refractivity contribution in [3.8, 4) is 0 Å². The van der Waals surface area contributed by atoms with Crippen LogP contribution < -0.4 is 4.90 Å². The van der Waals surface area contributed by atoms with Crippen LogP contribution in [0.4, 0.5) is 11.4 Å². The number of esters is 1. The Bertz CT molecular complexity index is 1110. The van der Waals surface area contributed by atoms with Gasteiger partial charge in [0.25, 0.3) is 0 Å². The standard InChI is InChI=1S/C29H33NO4/c1-4-32-27(31)16-30-25-7-5-17(2)9-23(25)29(24-10-18(3)6-8-26(24)30)28(33-34-29)21-12-19-11-20(14-21)15-22(28)13-19/h5-10,19-22H,4,11-16H2,1-3H3. The second-order valence-electron chi connectivity index (χ2n) is 11.4. The Morgan fingerprint density at radius 2 is 1.47 bits per heavy atom. The third-order valence-corrected chi connectivity index (χ3v) is 9.44. The van der Waals surface area contributed by atoms with E-state index < -0.39 is 5.60 Å². The summed E-state index contributed by atoms with van der Waals surface area (Å²) in [7, 11) is 0. The Kier molecular flexibility index (Phi) is 4.36. The third kappa shape index (κ3) is 2.50. The molecule has 0 atom stereocenters. The van der Waals surface area contributed by atoms with Crippen molar-refractivity contribution in [3.05, 3.63) is 58.7 Å². The van der Waals surface area contributed by atoms with Gasteiger partial charge in [0.05, 0.1) is 6.61 Å². The number of hydrogen-bond donors (Lipinski definition) is 0. The summed E-state index contributed by atoms with van der Waals surface area (Å²) in [6.07, 6.45) is 6.37. The lowest BCUT2D eigenvalue weighted by molar-refractivity contribution is -0.583. The molecule has 5 heteroatoms. The van der Waals surface area contributed by atoms with Crippen molar-refractivity contribution in [1.82, 2.24) is 0 Å². The van der Waals surface area contributed by atoms with Gasteiger partial charge in [0.15, 0.2) is 5.60 Å². The summed E-state index contributed by atoms with van der Waals surface area (Å²) < 4.78 is 5.36. The van der Waals surface area contributed by atoms with Crippen LogP contribution in [0.3, 0.4) is 0 Å². The van der Waals surface area contributed by atoms with Gasteiger partial charge < -0.3 is 9.64 Å². The minimum Gasteiger partial charge on any atom is -0.465 e. The minimum atomic E-state index is -0.635. The van der Waals surface area contributed by atoms with E-state index in [1.807, 2.05) is 6.92 Å². The molecule has 2 aliphatic heterocycles. The lowest BCUT2D eigenvalue weighted by atomic mass is 9.44. The number of ether oxygens (including phenoxy) is 1. The molecule has 2 aromatic rings. The third-order valence-electron chi connectivity index (χ3n) is 9.44. The van der Waals surface area contributed by atoms with Crippen molar-refractivity contribution in [3.63, 3.8) is 0 Å². The van der Waals surface area contributed by atoms with Gasteiger partial charge in [-0.15, -0.1) is 0 Å². The van der Waals surface area contributed by atoms with Crippen LogP contribution in [0.1, 0.15) is 61.3 Å². The molecule has 0 aromatic heterocycles. The van der Waals surface area contributed by atoms with Crippen molar-refractivity contribution < 1.29 is 19.3 Å². The maximum absolute atomic E-state index is 12.7. The molecule has 6 aliphatic rings. The van der Waals surface area contributed by atoms with Gasteiger partial charge in [-0.2, -0.15) is 0 Å². The predicted octanol–water partition coefficient (Wildman–Crippen LogP) is 5.72. The highest BCUT2D eigenvalue weighted by molar-refractivity contribution is 5.86. The second-order valence-corrected chi connectivity index (χ2v) is 11.4. The Hall–Kier alpha value is -2.37. The van der Waals surface area contributed by atoms with Crippen LogP contribution in [-0.4, -0.2) is 24.7 Å². The first kappa shape index (κ1) is 21.0. The highest BCUT2D eigenvalue weighted by Crippen LogP contribution is 2.73. The lowest BCUT2D eigenvalue weighted by Gasteiger charge is -2.71. The molecule has 5 nitrogen and oxygen atoms in total. The van der Waals surface area contributed by atoms with Gasteiger partial charge in [-0.1, -0.05) is 35.4 Å². The summed E-state index contributed by atoms with van der Waals surface area (Å²) in [5.74, 6) is 2.48. The second kappa shape index (κ2) is 7.08. The number of carbonyl (C=O) groups is 1. The molecule has 5 fully saturated rings. The first-order chi connectivity index (χ1) is 16.5. The van der Waals surface area contributed by atoms with Crippen LogP contribution in [0.15, 0.2) is 36.4 Å². The lowest BCUT2D eigenvalue weighted by Crippen LogP contribution is -2.77. The molecule has 4 aliphatic carbocycles. The first-order valence-electron chi connectivity index (χ1n) is 13.0. The molecule has 8 rings (SSSR count). The molecule has 4 bridgehead atoms. The van der Waals surface area contributed by atoms with Gasteiger partial charge >= 0.3 is 5.97 Å². The van der Waals surface area contributed by atoms with Gasteiger partial charge in [0, 0.05) is 22.5 Å². The van der Waals surface area contributed by atoms with Crippen LogP contribution in [0.2, 0.25) is 0 Å². The fourth-order valence-electron chi connectivity index (χ4n) is 8.44. The SMILES string of the molecule is CCOC(=O)CN1c2ccc(C)cc2C2(OOC23C2CC4CC(C2)CC3C4)c2cc(C)ccc21. The molecular formula is C29H33NO4. The molecule has 34 heavy (non-hydrogen) atoms. The summed E-state index contributed by atoms with van der Waals surface area (Å²) in [6, 6.07) is 13.1. The average Bonchev–Trinajstić information content (AvgIpc) is 2.77. The molecule has 1 saturated heterocycles. The molecule has 0 N–H and O–H groups in total. The quantitative estimate of drug-likeness (QED) is 0.434. The van der Waals surface area contributed by atoms with Crippen LogP contribution in [-0.2, 0) is 24.9 Å². The molecule has 2 spiro atoms. The molecule has 2 heterocycles. The van der Waals surface area contributed by atoms with Crippen molar-refractivity contribution in [2.24, 2.45) is 23.7 Å². The number of fused-ring (bicyclic) bond motifs is 4. The summed E-state index contributed by atoms with van der Waals surface area (Å²) in [6.45, 7) is 6.69. The number of carbonyl (C=O) groups excluding carboxylic acids is 1.